The summed E-state index contributed by atoms with van der Waals surface area (Å²) in [6.07, 6.45) is 4.40. The molecule has 0 aromatic heterocycles. The first-order valence-corrected chi connectivity index (χ1v) is 5.37. The zero-order valence-electron chi connectivity index (χ0n) is 8.79. The number of rotatable bonds is 0. The molecule has 0 amide bonds. The lowest BCUT2D eigenvalue weighted by Crippen LogP contribution is -2.16. The van der Waals surface area contributed by atoms with Gasteiger partial charge in [-0.15, -0.1) is 0 Å². The fraction of sp³-hybridized carbons (Fsp3) is 0.154. The molecule has 0 fully saturated rings. The molecule has 1 aliphatic heterocycles. The van der Waals surface area contributed by atoms with Gasteiger partial charge < -0.3 is 10.6 Å². The van der Waals surface area contributed by atoms with Gasteiger partial charge in [0.2, 0.25) is 0 Å². The molecular weight excluding hydrogens is 200 g/mol. The molecular formula is C13H12N2O. The summed E-state index contributed by atoms with van der Waals surface area (Å²) in [5.74, 6) is 0.199. The van der Waals surface area contributed by atoms with Crippen LogP contribution in [0.25, 0.3) is 0 Å². The second kappa shape index (κ2) is 3.52. The topological polar surface area (TPSA) is 41.1 Å². The summed E-state index contributed by atoms with van der Waals surface area (Å²) in [4.78, 5) is 11.7. The Morgan fingerprint density at radius 2 is 1.94 bits per heavy atom. The third kappa shape index (κ3) is 1.41. The third-order valence-electron chi connectivity index (χ3n) is 2.90. The first kappa shape index (κ1) is 9.21. The third-order valence-corrected chi connectivity index (χ3v) is 2.90. The fourth-order valence-corrected chi connectivity index (χ4v) is 2.04. The van der Waals surface area contributed by atoms with Crippen LogP contribution < -0.4 is 10.6 Å². The van der Waals surface area contributed by atoms with Crippen LogP contribution in [0.5, 0.6) is 0 Å². The number of benzene rings is 1. The van der Waals surface area contributed by atoms with Gasteiger partial charge in [-0.1, -0.05) is 18.2 Å². The first-order chi connectivity index (χ1) is 7.84. The molecule has 1 aliphatic carbocycles. The van der Waals surface area contributed by atoms with Crippen LogP contribution in [0, 0.1) is 0 Å². The monoisotopic (exact) mass is 212 g/mol. The largest absolute Gasteiger partial charge is 0.379 e. The Balaban J connectivity index is 2.05. The van der Waals surface area contributed by atoms with E-state index in [4.69, 9.17) is 0 Å². The summed E-state index contributed by atoms with van der Waals surface area (Å²) < 4.78 is 0. The van der Waals surface area contributed by atoms with Crippen LogP contribution in [0.3, 0.4) is 0 Å². The second-order valence-corrected chi connectivity index (χ2v) is 3.95. The zero-order chi connectivity index (χ0) is 11.0. The maximum absolute atomic E-state index is 11.7. The van der Waals surface area contributed by atoms with Crippen LogP contribution >= 0.6 is 0 Å². The molecule has 0 unspecified atom stereocenters. The van der Waals surface area contributed by atoms with Crippen molar-refractivity contribution in [1.29, 1.82) is 0 Å². The number of Topliss-reactive ketones (excluding diaryl/α,β-unsaturated/α-hetero) is 1. The molecule has 1 heterocycles. The highest BCUT2D eigenvalue weighted by molar-refractivity contribution is 6.01. The van der Waals surface area contributed by atoms with Crippen LogP contribution in [0.1, 0.15) is 6.42 Å². The first-order valence-electron chi connectivity index (χ1n) is 5.37. The molecule has 2 aliphatic rings. The number of nitrogens with one attached hydrogen (secondary N) is 2. The molecule has 16 heavy (non-hydrogen) atoms. The van der Waals surface area contributed by atoms with Crippen molar-refractivity contribution in [2.45, 2.75) is 6.42 Å². The molecule has 0 saturated carbocycles. The highest BCUT2D eigenvalue weighted by Crippen LogP contribution is 2.28. The Morgan fingerprint density at radius 3 is 2.81 bits per heavy atom. The highest BCUT2D eigenvalue weighted by atomic mass is 16.1. The molecule has 0 radical (unpaired) electrons. The Labute approximate surface area is 93.9 Å². The minimum absolute atomic E-state index is 0.199. The maximum Gasteiger partial charge on any atom is 0.166 e. The molecule has 0 spiro atoms. The van der Waals surface area contributed by atoms with Gasteiger partial charge >= 0.3 is 0 Å². The molecule has 1 aromatic rings. The number of ketones is 1. The standard InChI is InChI=1S/C13H12N2O/c16-13-7-3-6-10-9(13)8-14-11-4-1-2-5-12(11)15-10/h1-6,14-15H,7-8H2. The summed E-state index contributed by atoms with van der Waals surface area (Å²) in [6.45, 7) is 0.600. The second-order valence-electron chi connectivity index (χ2n) is 3.95. The Bertz CT molecular complexity index is 514. The van der Waals surface area contributed by atoms with E-state index in [1.165, 1.54) is 0 Å². The SMILES string of the molecule is O=C1CC=CC2=C1CNc1ccccc1N2. The van der Waals surface area contributed by atoms with E-state index in [0.717, 1.165) is 22.6 Å². The Hall–Kier alpha value is -2.03. The van der Waals surface area contributed by atoms with E-state index in [2.05, 4.69) is 10.6 Å². The minimum atomic E-state index is 0.199. The van der Waals surface area contributed by atoms with Crippen LogP contribution in [0.2, 0.25) is 0 Å². The average Bonchev–Trinajstić information content (AvgIpc) is 2.48. The summed E-state index contributed by atoms with van der Waals surface area (Å²) >= 11 is 0. The molecule has 80 valence electrons. The summed E-state index contributed by atoms with van der Waals surface area (Å²) in [5, 5.41) is 6.58. The fourth-order valence-electron chi connectivity index (χ4n) is 2.04. The van der Waals surface area contributed by atoms with Crippen molar-refractivity contribution < 1.29 is 4.79 Å². The normalized spacial score (nSPS) is 18.1. The number of anilines is 2. The number of hydrogen-bond acceptors (Lipinski definition) is 3. The van der Waals surface area contributed by atoms with Gasteiger partial charge in [0.15, 0.2) is 5.78 Å². The van der Waals surface area contributed by atoms with Gasteiger partial charge in [0.05, 0.1) is 11.4 Å². The summed E-state index contributed by atoms with van der Waals surface area (Å²) in [6, 6.07) is 7.98. The summed E-state index contributed by atoms with van der Waals surface area (Å²) in [5.41, 5.74) is 3.83. The van der Waals surface area contributed by atoms with E-state index in [1.807, 2.05) is 36.4 Å². The lowest BCUT2D eigenvalue weighted by atomic mass is 10.0. The predicted molar refractivity (Wildman–Crippen MR) is 64.3 cm³/mol. The minimum Gasteiger partial charge on any atom is -0.379 e. The molecule has 0 saturated heterocycles. The van der Waals surface area contributed by atoms with Gasteiger partial charge in [-0.05, 0) is 18.2 Å². The molecule has 2 N–H and O–H groups in total. The van der Waals surface area contributed by atoms with Gasteiger partial charge in [-0.2, -0.15) is 0 Å². The van der Waals surface area contributed by atoms with Crippen molar-refractivity contribution in [2.24, 2.45) is 0 Å². The Kier molecular flexibility index (Phi) is 2.03. The van der Waals surface area contributed by atoms with Crippen molar-refractivity contribution in [3.05, 3.63) is 47.7 Å². The number of hydrogen-bond donors (Lipinski definition) is 2. The number of carbonyl (C=O) groups is 1. The van der Waals surface area contributed by atoms with Crippen LogP contribution in [0.15, 0.2) is 47.7 Å². The van der Waals surface area contributed by atoms with Crippen molar-refractivity contribution in [3.8, 4) is 0 Å². The van der Waals surface area contributed by atoms with Crippen molar-refractivity contribution in [2.75, 3.05) is 17.2 Å². The van der Waals surface area contributed by atoms with E-state index in [0.29, 0.717) is 13.0 Å². The molecule has 3 rings (SSSR count). The van der Waals surface area contributed by atoms with Gasteiger partial charge in [-0.3, -0.25) is 4.79 Å². The van der Waals surface area contributed by atoms with Crippen molar-refractivity contribution >= 4 is 17.2 Å². The Morgan fingerprint density at radius 1 is 1.12 bits per heavy atom. The molecule has 0 atom stereocenters. The molecule has 3 heteroatoms. The molecule has 3 nitrogen and oxygen atoms in total. The number of para-hydroxylation sites is 2. The lowest BCUT2D eigenvalue weighted by Gasteiger charge is -2.12. The number of allylic oxidation sites excluding steroid dienone is 2. The van der Waals surface area contributed by atoms with Gasteiger partial charge in [0.25, 0.3) is 0 Å². The van der Waals surface area contributed by atoms with Gasteiger partial charge in [0, 0.05) is 24.2 Å². The maximum atomic E-state index is 11.7. The zero-order valence-corrected chi connectivity index (χ0v) is 8.79. The van der Waals surface area contributed by atoms with E-state index in [-0.39, 0.29) is 5.78 Å². The lowest BCUT2D eigenvalue weighted by molar-refractivity contribution is -0.114. The number of carbonyl (C=O) groups excluding carboxylic acids is 1. The van der Waals surface area contributed by atoms with Crippen LogP contribution in [0.4, 0.5) is 11.4 Å². The van der Waals surface area contributed by atoms with Crippen LogP contribution in [-0.2, 0) is 4.79 Å². The number of fused-ring (bicyclic) bond motifs is 1. The van der Waals surface area contributed by atoms with Gasteiger partial charge in [0.1, 0.15) is 0 Å². The van der Waals surface area contributed by atoms with E-state index in [1.54, 1.807) is 0 Å². The van der Waals surface area contributed by atoms with Gasteiger partial charge in [-0.25, -0.2) is 0 Å². The van der Waals surface area contributed by atoms with Crippen molar-refractivity contribution in [1.82, 2.24) is 0 Å². The molecule has 1 aromatic carbocycles. The van der Waals surface area contributed by atoms with Crippen molar-refractivity contribution in [3.63, 3.8) is 0 Å². The highest BCUT2D eigenvalue weighted by Gasteiger charge is 2.20. The van der Waals surface area contributed by atoms with E-state index >= 15 is 0 Å². The van der Waals surface area contributed by atoms with E-state index < -0.39 is 0 Å². The quantitative estimate of drug-likeness (QED) is 0.693. The smallest absolute Gasteiger partial charge is 0.166 e. The average molecular weight is 212 g/mol. The summed E-state index contributed by atoms with van der Waals surface area (Å²) in [7, 11) is 0. The van der Waals surface area contributed by atoms with E-state index in [9.17, 15) is 4.79 Å². The predicted octanol–water partition coefficient (Wildman–Crippen LogP) is 2.31. The van der Waals surface area contributed by atoms with Crippen LogP contribution in [-0.4, -0.2) is 12.3 Å². The molecule has 0 bridgehead atoms.